The molecular weight excluding hydrogens is 323 g/mol. The molecule has 4 nitrogen and oxygen atoms in total. The van der Waals surface area contributed by atoms with Crippen molar-refractivity contribution in [3.8, 4) is 0 Å². The van der Waals surface area contributed by atoms with Gasteiger partial charge in [0.2, 0.25) is 5.91 Å². The van der Waals surface area contributed by atoms with Crippen LogP contribution in [0, 0.1) is 5.92 Å². The van der Waals surface area contributed by atoms with E-state index < -0.39 is 17.7 Å². The van der Waals surface area contributed by atoms with Crippen LogP contribution in [-0.2, 0) is 14.3 Å². The molecule has 0 saturated carbocycles. The molecule has 1 saturated heterocycles. The number of piperidine rings is 1. The molecule has 1 amide bonds. The first-order chi connectivity index (χ1) is 11.3. The van der Waals surface area contributed by atoms with Crippen molar-refractivity contribution in [2.24, 2.45) is 5.92 Å². The second-order valence-corrected chi connectivity index (χ2v) is 5.54. The number of nitrogens with zero attached hydrogens (tertiary/aromatic N) is 1. The topological polar surface area (TPSA) is 46.6 Å². The molecule has 1 heterocycles. The summed E-state index contributed by atoms with van der Waals surface area (Å²) >= 11 is 0. The van der Waals surface area contributed by atoms with Gasteiger partial charge in [-0.1, -0.05) is 30.3 Å². The Bertz CT molecular complexity index is 618. The third-order valence-electron chi connectivity index (χ3n) is 4.00. The molecule has 0 spiro atoms. The molecule has 1 fully saturated rings. The van der Waals surface area contributed by atoms with Gasteiger partial charge in [0, 0.05) is 19.2 Å². The van der Waals surface area contributed by atoms with Crippen molar-refractivity contribution in [3.05, 3.63) is 42.0 Å². The summed E-state index contributed by atoms with van der Waals surface area (Å²) in [4.78, 5) is 25.0. The highest BCUT2D eigenvalue weighted by molar-refractivity contribution is 5.96. The number of rotatable bonds is 3. The van der Waals surface area contributed by atoms with Crippen LogP contribution in [0.4, 0.5) is 13.2 Å². The summed E-state index contributed by atoms with van der Waals surface area (Å²) in [6, 6.07) is 7.21. The number of allylic oxidation sites excluding steroid dienone is 1. The lowest BCUT2D eigenvalue weighted by Crippen LogP contribution is -2.40. The van der Waals surface area contributed by atoms with Crippen LogP contribution in [0.1, 0.15) is 18.4 Å². The second kappa shape index (κ2) is 7.51. The maximum atomic E-state index is 13.2. The Morgan fingerprint density at radius 3 is 2.25 bits per heavy atom. The molecule has 1 aromatic carbocycles. The summed E-state index contributed by atoms with van der Waals surface area (Å²) in [6.45, 7) is 0.462. The predicted octanol–water partition coefficient (Wildman–Crippen LogP) is 3.04. The van der Waals surface area contributed by atoms with E-state index in [4.69, 9.17) is 0 Å². The quantitative estimate of drug-likeness (QED) is 0.627. The number of methoxy groups -OCH3 is 1. The molecule has 1 aliphatic heterocycles. The van der Waals surface area contributed by atoms with E-state index in [0.717, 1.165) is 0 Å². The third kappa shape index (κ3) is 4.37. The molecule has 7 heteroatoms. The van der Waals surface area contributed by atoms with Crippen LogP contribution in [0.25, 0.3) is 5.57 Å². The maximum Gasteiger partial charge on any atom is 0.417 e. The molecule has 130 valence electrons. The van der Waals surface area contributed by atoms with Crippen LogP contribution in [0.3, 0.4) is 0 Å². The van der Waals surface area contributed by atoms with Gasteiger partial charge in [0.15, 0.2) is 0 Å². The summed E-state index contributed by atoms with van der Waals surface area (Å²) in [5.41, 5.74) is -1.02. The van der Waals surface area contributed by atoms with Crippen LogP contribution in [0.15, 0.2) is 36.4 Å². The molecule has 2 rings (SSSR count). The number of ether oxygens (including phenoxy) is 1. The minimum Gasteiger partial charge on any atom is -0.469 e. The number of carbonyl (C=O) groups excluding carboxylic acids is 2. The first-order valence-electron chi connectivity index (χ1n) is 7.54. The Hall–Kier alpha value is -2.31. The van der Waals surface area contributed by atoms with Gasteiger partial charge in [-0.3, -0.25) is 9.59 Å². The Kier molecular flexibility index (Phi) is 5.64. The first kappa shape index (κ1) is 18.0. The van der Waals surface area contributed by atoms with E-state index in [1.807, 2.05) is 0 Å². The molecule has 0 aromatic heterocycles. The zero-order valence-electron chi connectivity index (χ0n) is 13.2. The average molecular weight is 341 g/mol. The molecule has 0 atom stereocenters. The van der Waals surface area contributed by atoms with Crippen molar-refractivity contribution in [1.82, 2.24) is 4.90 Å². The number of likely N-dealkylation sites (tertiary alicyclic amines) is 1. The number of benzene rings is 1. The number of alkyl halides is 3. The molecule has 0 N–H and O–H groups in total. The van der Waals surface area contributed by atoms with Crippen LogP contribution >= 0.6 is 0 Å². The van der Waals surface area contributed by atoms with Gasteiger partial charge < -0.3 is 9.64 Å². The summed E-state index contributed by atoms with van der Waals surface area (Å²) in [6.07, 6.45) is -3.22. The third-order valence-corrected chi connectivity index (χ3v) is 4.00. The smallest absolute Gasteiger partial charge is 0.417 e. The Balaban J connectivity index is 2.13. The zero-order valence-corrected chi connectivity index (χ0v) is 13.2. The highest BCUT2D eigenvalue weighted by Crippen LogP contribution is 2.34. The average Bonchev–Trinajstić information content (AvgIpc) is 2.58. The molecule has 1 aliphatic rings. The van der Waals surface area contributed by atoms with E-state index >= 15 is 0 Å². The number of hydrogen-bond acceptors (Lipinski definition) is 3. The van der Waals surface area contributed by atoms with E-state index in [1.54, 1.807) is 6.07 Å². The Labute approximate surface area is 137 Å². The van der Waals surface area contributed by atoms with Crippen LogP contribution in [0.2, 0.25) is 0 Å². The van der Waals surface area contributed by atoms with Gasteiger partial charge in [0.1, 0.15) is 0 Å². The second-order valence-electron chi connectivity index (χ2n) is 5.54. The van der Waals surface area contributed by atoms with Crippen molar-refractivity contribution >= 4 is 17.4 Å². The number of amides is 1. The van der Waals surface area contributed by atoms with E-state index in [9.17, 15) is 22.8 Å². The maximum absolute atomic E-state index is 13.2. The first-order valence-corrected chi connectivity index (χ1v) is 7.54. The fraction of sp³-hybridized carbons (Fsp3) is 0.412. The van der Waals surface area contributed by atoms with Gasteiger partial charge >= 0.3 is 12.1 Å². The lowest BCUT2D eigenvalue weighted by Gasteiger charge is -2.30. The monoisotopic (exact) mass is 341 g/mol. The van der Waals surface area contributed by atoms with Gasteiger partial charge in [0.25, 0.3) is 0 Å². The molecule has 0 bridgehead atoms. The van der Waals surface area contributed by atoms with Gasteiger partial charge in [-0.05, 0) is 18.4 Å². The number of halogens is 3. The molecule has 0 aliphatic carbocycles. The summed E-state index contributed by atoms with van der Waals surface area (Å²) in [5.74, 6) is -1.35. The Morgan fingerprint density at radius 1 is 1.17 bits per heavy atom. The van der Waals surface area contributed by atoms with Crippen molar-refractivity contribution < 1.29 is 27.5 Å². The number of carbonyl (C=O) groups is 2. The van der Waals surface area contributed by atoms with E-state index in [2.05, 4.69) is 4.74 Å². The predicted molar refractivity (Wildman–Crippen MR) is 81.8 cm³/mol. The van der Waals surface area contributed by atoms with Crippen molar-refractivity contribution in [2.45, 2.75) is 19.0 Å². The highest BCUT2D eigenvalue weighted by atomic mass is 19.4. The van der Waals surface area contributed by atoms with Crippen LogP contribution in [0.5, 0.6) is 0 Å². The van der Waals surface area contributed by atoms with Gasteiger partial charge in [-0.25, -0.2) is 0 Å². The highest BCUT2D eigenvalue weighted by Gasteiger charge is 2.36. The summed E-state index contributed by atoms with van der Waals surface area (Å²) < 4.78 is 44.4. The van der Waals surface area contributed by atoms with Crippen molar-refractivity contribution in [1.29, 1.82) is 0 Å². The zero-order chi connectivity index (χ0) is 17.7. The van der Waals surface area contributed by atoms with Gasteiger partial charge in [-0.15, -0.1) is 0 Å². The lowest BCUT2D eigenvalue weighted by molar-refractivity contribution is -0.148. The molecule has 1 aromatic rings. The van der Waals surface area contributed by atoms with Gasteiger partial charge in [0.05, 0.1) is 18.6 Å². The lowest BCUT2D eigenvalue weighted by atomic mass is 9.96. The van der Waals surface area contributed by atoms with Crippen LogP contribution < -0.4 is 0 Å². The SMILES string of the molecule is COC(=O)C1CCN(C(=O)/C=C(/c2ccccc2)C(F)(F)F)CC1. The normalized spacial score (nSPS) is 16.8. The standard InChI is InChI=1S/C17H18F3NO3/c1-24-16(23)13-7-9-21(10-8-13)15(22)11-14(17(18,19)20)12-5-3-2-4-6-12/h2-6,11,13H,7-10H2,1H3/b14-11-. The van der Waals surface area contributed by atoms with E-state index in [0.29, 0.717) is 18.9 Å². The summed E-state index contributed by atoms with van der Waals surface area (Å²) in [5, 5.41) is 0. The Morgan fingerprint density at radius 2 is 1.75 bits per heavy atom. The van der Waals surface area contributed by atoms with Crippen LogP contribution in [-0.4, -0.2) is 43.2 Å². The van der Waals surface area contributed by atoms with E-state index in [-0.39, 0.29) is 30.5 Å². The number of esters is 1. The van der Waals surface area contributed by atoms with E-state index in [1.165, 1.54) is 36.3 Å². The van der Waals surface area contributed by atoms with Gasteiger partial charge in [-0.2, -0.15) is 13.2 Å². The minimum atomic E-state index is -4.62. The largest absolute Gasteiger partial charge is 0.469 e. The number of hydrogen-bond donors (Lipinski definition) is 0. The fourth-order valence-electron chi connectivity index (χ4n) is 2.66. The summed E-state index contributed by atoms with van der Waals surface area (Å²) in [7, 11) is 1.29. The van der Waals surface area contributed by atoms with Crippen molar-refractivity contribution in [2.75, 3.05) is 20.2 Å². The molecule has 0 radical (unpaired) electrons. The molecule has 0 unspecified atom stereocenters. The fourth-order valence-corrected chi connectivity index (χ4v) is 2.66. The van der Waals surface area contributed by atoms with Crippen molar-refractivity contribution in [3.63, 3.8) is 0 Å². The minimum absolute atomic E-state index is 0.0530. The molecular formula is C17H18F3NO3. The molecule has 24 heavy (non-hydrogen) atoms.